The van der Waals surface area contributed by atoms with Gasteiger partial charge in [0.15, 0.2) is 0 Å². The van der Waals surface area contributed by atoms with E-state index in [0.717, 1.165) is 0 Å². The van der Waals surface area contributed by atoms with Gasteiger partial charge >= 0.3 is 0 Å². The van der Waals surface area contributed by atoms with Crippen LogP contribution in [0.3, 0.4) is 0 Å². The molecule has 4 nitrogen and oxygen atoms in total. The summed E-state index contributed by atoms with van der Waals surface area (Å²) >= 11 is 0. The predicted molar refractivity (Wildman–Crippen MR) is 48.4 cm³/mol. The second-order valence-corrected chi connectivity index (χ2v) is 3.89. The molecule has 0 spiro atoms. The summed E-state index contributed by atoms with van der Waals surface area (Å²) in [6.45, 7) is 0.334. The van der Waals surface area contributed by atoms with E-state index in [1.807, 2.05) is 0 Å². The zero-order chi connectivity index (χ0) is 11.1. The Hall–Kier alpha value is -1.46. The smallest absolute Gasteiger partial charge is 0.266 e. The van der Waals surface area contributed by atoms with Crippen LogP contribution in [-0.2, 0) is 6.54 Å². The van der Waals surface area contributed by atoms with Gasteiger partial charge in [-0.05, 0) is 12.0 Å². The minimum Gasteiger partial charge on any atom is -0.364 e. The lowest BCUT2D eigenvalue weighted by Gasteiger charge is -2.34. The molecule has 1 aliphatic rings. The minimum absolute atomic E-state index is 0.113. The van der Waals surface area contributed by atoms with Crippen LogP contribution in [0.15, 0.2) is 12.3 Å². The molecule has 82 valence electrons. The lowest BCUT2D eigenvalue weighted by Crippen LogP contribution is -2.38. The molecule has 0 saturated heterocycles. The Bertz CT molecular complexity index is 380. The van der Waals surface area contributed by atoms with Gasteiger partial charge < -0.3 is 5.73 Å². The number of aromatic nitrogens is 2. The van der Waals surface area contributed by atoms with E-state index >= 15 is 0 Å². The first-order valence-corrected chi connectivity index (χ1v) is 4.67. The molecule has 0 atom stereocenters. The number of alkyl halides is 2. The summed E-state index contributed by atoms with van der Waals surface area (Å²) in [5.41, 5.74) is 5.37. The van der Waals surface area contributed by atoms with Crippen LogP contribution in [0.5, 0.6) is 0 Å². The number of amides is 1. The summed E-state index contributed by atoms with van der Waals surface area (Å²) < 4.78 is 26.5. The van der Waals surface area contributed by atoms with E-state index in [1.165, 1.54) is 16.9 Å². The van der Waals surface area contributed by atoms with Gasteiger partial charge in [0.1, 0.15) is 5.69 Å². The van der Waals surface area contributed by atoms with Crippen molar-refractivity contribution in [3.05, 3.63) is 18.0 Å². The molecule has 1 amide bonds. The van der Waals surface area contributed by atoms with Crippen LogP contribution in [0, 0.1) is 5.92 Å². The first-order chi connectivity index (χ1) is 6.98. The highest BCUT2D eigenvalue weighted by atomic mass is 19.3. The Morgan fingerprint density at radius 3 is 2.87 bits per heavy atom. The standard InChI is InChI=1S/C9H11F2N3O/c10-9(11)3-6(4-9)5-14-7(8(12)15)1-2-13-14/h1-2,6H,3-5H2,(H2,12,15). The summed E-state index contributed by atoms with van der Waals surface area (Å²) in [5.74, 6) is -3.23. The maximum absolute atomic E-state index is 12.6. The Labute approximate surface area is 85.1 Å². The molecule has 1 aromatic heterocycles. The fourth-order valence-corrected chi connectivity index (χ4v) is 1.85. The van der Waals surface area contributed by atoms with Crippen molar-refractivity contribution in [1.82, 2.24) is 9.78 Å². The topological polar surface area (TPSA) is 60.9 Å². The van der Waals surface area contributed by atoms with Crippen LogP contribution in [0.2, 0.25) is 0 Å². The van der Waals surface area contributed by atoms with Crippen molar-refractivity contribution >= 4 is 5.91 Å². The molecule has 0 aliphatic heterocycles. The van der Waals surface area contributed by atoms with E-state index in [1.54, 1.807) is 0 Å². The molecule has 1 fully saturated rings. The molecular weight excluding hydrogens is 204 g/mol. The second kappa shape index (κ2) is 3.29. The molecule has 1 saturated carbocycles. The van der Waals surface area contributed by atoms with E-state index in [-0.39, 0.29) is 24.5 Å². The highest BCUT2D eigenvalue weighted by Crippen LogP contribution is 2.43. The van der Waals surface area contributed by atoms with Crippen molar-refractivity contribution in [3.8, 4) is 0 Å². The summed E-state index contributed by atoms with van der Waals surface area (Å²) in [7, 11) is 0. The summed E-state index contributed by atoms with van der Waals surface area (Å²) in [6, 6.07) is 1.49. The molecule has 1 aliphatic carbocycles. The number of halogens is 2. The molecule has 1 heterocycles. The van der Waals surface area contributed by atoms with Crippen LogP contribution >= 0.6 is 0 Å². The van der Waals surface area contributed by atoms with Crippen molar-refractivity contribution in [2.75, 3.05) is 0 Å². The van der Waals surface area contributed by atoms with Gasteiger partial charge in [0.2, 0.25) is 5.92 Å². The molecule has 0 radical (unpaired) electrons. The maximum Gasteiger partial charge on any atom is 0.266 e. The third kappa shape index (κ3) is 1.98. The van der Waals surface area contributed by atoms with Crippen molar-refractivity contribution in [2.45, 2.75) is 25.3 Å². The van der Waals surface area contributed by atoms with Gasteiger partial charge in [-0.15, -0.1) is 0 Å². The van der Waals surface area contributed by atoms with Crippen LogP contribution in [0.1, 0.15) is 23.3 Å². The van der Waals surface area contributed by atoms with Gasteiger partial charge in [-0.1, -0.05) is 0 Å². The largest absolute Gasteiger partial charge is 0.364 e. The molecule has 2 rings (SSSR count). The second-order valence-electron chi connectivity index (χ2n) is 3.89. The van der Waals surface area contributed by atoms with Crippen molar-refractivity contribution in [2.24, 2.45) is 11.7 Å². The quantitative estimate of drug-likeness (QED) is 0.818. The lowest BCUT2D eigenvalue weighted by atomic mass is 9.81. The van der Waals surface area contributed by atoms with Crippen molar-refractivity contribution < 1.29 is 13.6 Å². The Balaban J connectivity index is 2.00. The predicted octanol–water partition coefficient (Wildman–Crippen LogP) is 1.03. The molecule has 6 heteroatoms. The number of primary amides is 1. The van der Waals surface area contributed by atoms with Crippen LogP contribution in [0.4, 0.5) is 8.78 Å². The van der Waals surface area contributed by atoms with E-state index in [4.69, 9.17) is 5.73 Å². The minimum atomic E-state index is -2.54. The van der Waals surface area contributed by atoms with Gasteiger partial charge in [-0.2, -0.15) is 5.10 Å². The van der Waals surface area contributed by atoms with Gasteiger partial charge in [-0.25, -0.2) is 8.78 Å². The lowest BCUT2D eigenvalue weighted by molar-refractivity contribution is -0.114. The zero-order valence-corrected chi connectivity index (χ0v) is 7.99. The molecule has 0 unspecified atom stereocenters. The fourth-order valence-electron chi connectivity index (χ4n) is 1.85. The van der Waals surface area contributed by atoms with Gasteiger partial charge in [0.25, 0.3) is 5.91 Å². The highest BCUT2D eigenvalue weighted by molar-refractivity contribution is 5.90. The monoisotopic (exact) mass is 215 g/mol. The van der Waals surface area contributed by atoms with Crippen LogP contribution < -0.4 is 5.73 Å². The molecule has 15 heavy (non-hydrogen) atoms. The van der Waals surface area contributed by atoms with E-state index < -0.39 is 11.8 Å². The number of carbonyl (C=O) groups is 1. The first kappa shape index (κ1) is 10.1. The Kier molecular flexibility index (Phi) is 2.21. The highest BCUT2D eigenvalue weighted by Gasteiger charge is 2.45. The van der Waals surface area contributed by atoms with E-state index in [0.29, 0.717) is 6.54 Å². The number of nitrogens with zero attached hydrogens (tertiary/aromatic N) is 2. The third-order valence-electron chi connectivity index (χ3n) is 2.57. The number of carbonyl (C=O) groups excluding carboxylic acids is 1. The van der Waals surface area contributed by atoms with Crippen LogP contribution in [-0.4, -0.2) is 21.6 Å². The number of hydrogen-bond donors (Lipinski definition) is 1. The SMILES string of the molecule is NC(=O)c1ccnn1CC1CC(F)(F)C1. The molecule has 2 N–H and O–H groups in total. The molecular formula is C9H11F2N3O. The van der Waals surface area contributed by atoms with Gasteiger partial charge in [-0.3, -0.25) is 9.48 Å². The van der Waals surface area contributed by atoms with Gasteiger partial charge in [0.05, 0.1) is 0 Å². The van der Waals surface area contributed by atoms with E-state index in [2.05, 4.69) is 5.10 Å². The average molecular weight is 215 g/mol. The Morgan fingerprint density at radius 2 is 2.33 bits per heavy atom. The summed E-state index contributed by atoms with van der Waals surface area (Å²) in [6.07, 6.45) is 1.17. The zero-order valence-electron chi connectivity index (χ0n) is 7.99. The maximum atomic E-state index is 12.6. The molecule has 1 aromatic rings. The number of hydrogen-bond acceptors (Lipinski definition) is 2. The normalized spacial score (nSPS) is 19.9. The average Bonchev–Trinajstić information content (AvgIpc) is 2.48. The third-order valence-corrected chi connectivity index (χ3v) is 2.57. The summed E-state index contributed by atoms with van der Waals surface area (Å²) in [4.78, 5) is 10.9. The number of nitrogens with two attached hydrogens (primary N) is 1. The molecule has 0 bridgehead atoms. The van der Waals surface area contributed by atoms with Crippen molar-refractivity contribution in [3.63, 3.8) is 0 Å². The number of rotatable bonds is 3. The van der Waals surface area contributed by atoms with Crippen molar-refractivity contribution in [1.29, 1.82) is 0 Å². The van der Waals surface area contributed by atoms with Gasteiger partial charge in [0, 0.05) is 25.6 Å². The Morgan fingerprint density at radius 1 is 1.67 bits per heavy atom. The van der Waals surface area contributed by atoms with E-state index in [9.17, 15) is 13.6 Å². The fraction of sp³-hybridized carbons (Fsp3) is 0.556. The molecule has 0 aromatic carbocycles. The van der Waals surface area contributed by atoms with Crippen LogP contribution in [0.25, 0.3) is 0 Å². The summed E-state index contributed by atoms with van der Waals surface area (Å²) in [5, 5.41) is 3.88. The first-order valence-electron chi connectivity index (χ1n) is 4.67.